The summed E-state index contributed by atoms with van der Waals surface area (Å²) in [6.07, 6.45) is 1.65. The standard InChI is InChI=1S/C5H12O6P2S/c1-5(2)3-4-14-13(9,10)11-12(6,7)8/h3H,4H2,1-2H3,(H,9,10)(H2,6,7,8). The van der Waals surface area contributed by atoms with Gasteiger partial charge in [0.25, 0.3) is 0 Å². The van der Waals surface area contributed by atoms with E-state index in [4.69, 9.17) is 14.7 Å². The minimum Gasteiger partial charge on any atom is -0.316 e. The van der Waals surface area contributed by atoms with E-state index in [-0.39, 0.29) is 5.75 Å². The SMILES string of the molecule is CC(C)=CCSP(=O)(O)OP(=O)(O)O. The normalized spacial score (nSPS) is 16.1. The summed E-state index contributed by atoms with van der Waals surface area (Å²) in [6, 6.07) is 0. The molecule has 0 aromatic carbocycles. The van der Waals surface area contributed by atoms with Crippen LogP contribution in [0, 0.1) is 0 Å². The number of hydrogen-bond acceptors (Lipinski definition) is 4. The van der Waals surface area contributed by atoms with E-state index < -0.39 is 14.6 Å². The largest absolute Gasteiger partial charge is 0.477 e. The van der Waals surface area contributed by atoms with Gasteiger partial charge in [0.1, 0.15) is 0 Å². The lowest BCUT2D eigenvalue weighted by atomic mass is 10.3. The Morgan fingerprint density at radius 2 is 1.86 bits per heavy atom. The molecule has 0 fully saturated rings. The Bertz CT molecular complexity index is 303. The van der Waals surface area contributed by atoms with Gasteiger partial charge in [-0.2, -0.15) is 4.31 Å². The molecule has 1 atom stereocenters. The van der Waals surface area contributed by atoms with Crippen LogP contribution >= 0.6 is 26.0 Å². The molecule has 0 aliphatic rings. The Balaban J connectivity index is 4.17. The van der Waals surface area contributed by atoms with Crippen LogP contribution in [0.2, 0.25) is 0 Å². The summed E-state index contributed by atoms with van der Waals surface area (Å²) in [5, 5.41) is 0. The van der Waals surface area contributed by atoms with Gasteiger partial charge < -0.3 is 14.7 Å². The molecule has 0 spiro atoms. The Labute approximate surface area is 85.9 Å². The van der Waals surface area contributed by atoms with Gasteiger partial charge in [0, 0.05) is 5.75 Å². The lowest BCUT2D eigenvalue weighted by molar-refractivity contribution is 0.270. The highest BCUT2D eigenvalue weighted by molar-refractivity contribution is 8.55. The maximum atomic E-state index is 11.0. The van der Waals surface area contributed by atoms with Crippen LogP contribution in [0.4, 0.5) is 0 Å². The Kier molecular flexibility index (Phi) is 5.62. The monoisotopic (exact) mass is 262 g/mol. The van der Waals surface area contributed by atoms with E-state index in [1.165, 1.54) is 0 Å². The van der Waals surface area contributed by atoms with Crippen molar-refractivity contribution in [3.63, 3.8) is 0 Å². The second-order valence-electron chi connectivity index (χ2n) is 2.62. The first kappa shape index (κ1) is 14.4. The van der Waals surface area contributed by atoms with Crippen LogP contribution < -0.4 is 0 Å². The van der Waals surface area contributed by atoms with Gasteiger partial charge in [0.05, 0.1) is 0 Å². The number of rotatable bonds is 5. The molecule has 0 saturated heterocycles. The fourth-order valence-electron chi connectivity index (χ4n) is 0.456. The summed E-state index contributed by atoms with van der Waals surface area (Å²) in [6.45, 7) is -0.665. The molecule has 3 N–H and O–H groups in total. The molecule has 0 radical (unpaired) electrons. The molecular weight excluding hydrogens is 250 g/mol. The Morgan fingerprint density at radius 1 is 1.36 bits per heavy atom. The van der Waals surface area contributed by atoms with E-state index in [2.05, 4.69) is 4.31 Å². The minimum atomic E-state index is -4.91. The van der Waals surface area contributed by atoms with Crippen LogP contribution in [0.5, 0.6) is 0 Å². The van der Waals surface area contributed by atoms with Crippen molar-refractivity contribution in [3.05, 3.63) is 11.6 Å². The third-order valence-corrected chi connectivity index (χ3v) is 5.28. The molecule has 0 aromatic heterocycles. The highest BCUT2D eigenvalue weighted by atomic mass is 32.7. The third-order valence-electron chi connectivity index (χ3n) is 0.939. The molecule has 0 rings (SSSR count). The lowest BCUT2D eigenvalue weighted by Gasteiger charge is -2.10. The van der Waals surface area contributed by atoms with Crippen molar-refractivity contribution in [2.45, 2.75) is 13.8 Å². The summed E-state index contributed by atoms with van der Waals surface area (Å²) in [7, 11) is -4.91. The molecule has 0 aliphatic carbocycles. The summed E-state index contributed by atoms with van der Waals surface area (Å²) in [5.74, 6) is 0.163. The zero-order valence-electron chi connectivity index (χ0n) is 7.65. The molecule has 84 valence electrons. The van der Waals surface area contributed by atoms with Gasteiger partial charge in [0.2, 0.25) is 0 Å². The van der Waals surface area contributed by atoms with Crippen LogP contribution in [0.1, 0.15) is 13.8 Å². The van der Waals surface area contributed by atoms with E-state index in [1.54, 1.807) is 19.9 Å². The molecule has 0 aromatic rings. The van der Waals surface area contributed by atoms with Gasteiger partial charge in [-0.15, -0.1) is 0 Å². The van der Waals surface area contributed by atoms with Gasteiger partial charge in [-0.3, -0.25) is 0 Å². The smallest absolute Gasteiger partial charge is 0.316 e. The molecule has 1 unspecified atom stereocenters. The minimum absolute atomic E-state index is 0.163. The average molecular weight is 262 g/mol. The fraction of sp³-hybridized carbons (Fsp3) is 0.600. The van der Waals surface area contributed by atoms with Crippen molar-refractivity contribution in [2.24, 2.45) is 0 Å². The second kappa shape index (κ2) is 5.47. The molecule has 6 nitrogen and oxygen atoms in total. The third kappa shape index (κ3) is 8.97. The molecule has 0 aliphatic heterocycles. The van der Waals surface area contributed by atoms with Crippen LogP contribution in [0.15, 0.2) is 11.6 Å². The molecular formula is C5H12O6P2S. The molecule has 0 bridgehead atoms. The Morgan fingerprint density at radius 3 is 2.21 bits per heavy atom. The van der Waals surface area contributed by atoms with Crippen molar-refractivity contribution in [3.8, 4) is 0 Å². The van der Waals surface area contributed by atoms with Gasteiger partial charge in [-0.05, 0) is 25.2 Å². The molecule has 0 heterocycles. The number of phosphoric acid groups is 1. The van der Waals surface area contributed by atoms with Gasteiger partial charge in [0.15, 0.2) is 0 Å². The van der Waals surface area contributed by atoms with Crippen LogP contribution in [-0.4, -0.2) is 20.4 Å². The number of allylic oxidation sites excluding steroid dienone is 1. The van der Waals surface area contributed by atoms with Gasteiger partial charge in [-0.1, -0.05) is 11.6 Å². The predicted molar refractivity (Wildman–Crippen MR) is 54.8 cm³/mol. The van der Waals surface area contributed by atoms with E-state index in [0.29, 0.717) is 11.4 Å². The molecule has 9 heteroatoms. The zero-order valence-corrected chi connectivity index (χ0v) is 10.3. The average Bonchev–Trinajstić information content (AvgIpc) is 1.78. The van der Waals surface area contributed by atoms with Crippen LogP contribution in [0.25, 0.3) is 0 Å². The lowest BCUT2D eigenvalue weighted by Crippen LogP contribution is -1.85. The van der Waals surface area contributed by atoms with E-state index in [9.17, 15) is 9.13 Å². The summed E-state index contributed by atoms with van der Waals surface area (Å²) >= 11 is 0.454. The van der Waals surface area contributed by atoms with Crippen LogP contribution in [-0.2, 0) is 13.4 Å². The highest BCUT2D eigenvalue weighted by Gasteiger charge is 2.30. The summed E-state index contributed by atoms with van der Waals surface area (Å²) in [5.41, 5.74) is 0.939. The summed E-state index contributed by atoms with van der Waals surface area (Å²) in [4.78, 5) is 25.5. The fourth-order valence-corrected chi connectivity index (χ4v) is 4.31. The maximum Gasteiger partial charge on any atom is 0.477 e. The van der Waals surface area contributed by atoms with Crippen LogP contribution in [0.3, 0.4) is 0 Å². The Hall–Kier alpha value is 0.390. The van der Waals surface area contributed by atoms with Crippen molar-refractivity contribution in [1.82, 2.24) is 0 Å². The van der Waals surface area contributed by atoms with Crippen molar-refractivity contribution in [1.29, 1.82) is 0 Å². The van der Waals surface area contributed by atoms with E-state index in [0.717, 1.165) is 5.57 Å². The van der Waals surface area contributed by atoms with Crippen molar-refractivity contribution < 1.29 is 28.1 Å². The molecule has 0 amide bonds. The van der Waals surface area contributed by atoms with E-state index in [1.807, 2.05) is 0 Å². The maximum absolute atomic E-state index is 11.0. The second-order valence-corrected chi connectivity index (χ2v) is 7.94. The highest BCUT2D eigenvalue weighted by Crippen LogP contribution is 2.64. The van der Waals surface area contributed by atoms with Crippen molar-refractivity contribution >= 4 is 26.0 Å². The number of hydrogen-bond donors (Lipinski definition) is 3. The molecule has 0 saturated carbocycles. The predicted octanol–water partition coefficient (Wildman–Crippen LogP) is 1.90. The summed E-state index contributed by atoms with van der Waals surface area (Å²) < 4.78 is 25.0. The van der Waals surface area contributed by atoms with E-state index >= 15 is 0 Å². The first-order valence-corrected chi connectivity index (χ1v) is 8.20. The molecule has 14 heavy (non-hydrogen) atoms. The first-order valence-electron chi connectivity index (χ1n) is 3.50. The topological polar surface area (TPSA) is 104 Å². The van der Waals surface area contributed by atoms with Gasteiger partial charge in [-0.25, -0.2) is 9.13 Å². The first-order chi connectivity index (χ1) is 6.12. The van der Waals surface area contributed by atoms with Gasteiger partial charge >= 0.3 is 14.6 Å². The quantitative estimate of drug-likeness (QED) is 0.513. The zero-order chi connectivity index (χ0) is 11.4. The van der Waals surface area contributed by atoms with Crippen molar-refractivity contribution in [2.75, 3.05) is 5.75 Å².